The maximum absolute atomic E-state index is 10.9. The number of aliphatic hydroxyl groups is 1. The molecule has 3 N–H and O–H groups in total. The van der Waals surface area contributed by atoms with Gasteiger partial charge in [0.25, 0.3) is 0 Å². The van der Waals surface area contributed by atoms with Gasteiger partial charge in [0.2, 0.25) is 5.75 Å². The fourth-order valence-electron chi connectivity index (χ4n) is 1.42. The summed E-state index contributed by atoms with van der Waals surface area (Å²) in [6.07, 6.45) is 0. The Balaban J connectivity index is 3.39. The molecule has 0 aliphatic heterocycles. The van der Waals surface area contributed by atoms with Crippen molar-refractivity contribution in [1.29, 1.82) is 0 Å². The van der Waals surface area contributed by atoms with Crippen LogP contribution in [0.25, 0.3) is 0 Å². The van der Waals surface area contributed by atoms with Crippen molar-refractivity contribution in [3.63, 3.8) is 0 Å². The number of nitro benzene ring substituents is 1. The van der Waals surface area contributed by atoms with Crippen molar-refractivity contribution in [2.45, 2.75) is 6.04 Å². The number of ether oxygens (including phenoxy) is 2. The van der Waals surface area contributed by atoms with E-state index in [9.17, 15) is 10.1 Å². The van der Waals surface area contributed by atoms with E-state index in [2.05, 4.69) is 0 Å². The van der Waals surface area contributed by atoms with Crippen molar-refractivity contribution in [3.8, 4) is 11.5 Å². The molecule has 0 saturated carbocycles. The van der Waals surface area contributed by atoms with Crippen LogP contribution >= 0.6 is 0 Å². The molecule has 0 radical (unpaired) electrons. The van der Waals surface area contributed by atoms with E-state index in [-0.39, 0.29) is 23.8 Å². The van der Waals surface area contributed by atoms with E-state index < -0.39 is 11.0 Å². The van der Waals surface area contributed by atoms with Gasteiger partial charge in [0, 0.05) is 6.07 Å². The largest absolute Gasteiger partial charge is 0.493 e. The molecule has 0 heterocycles. The summed E-state index contributed by atoms with van der Waals surface area (Å²) in [6, 6.07) is 2.07. The smallest absolute Gasteiger partial charge is 0.315 e. The van der Waals surface area contributed by atoms with E-state index in [1.165, 1.54) is 26.4 Å². The molecule has 0 aromatic heterocycles. The van der Waals surface area contributed by atoms with Crippen LogP contribution in [-0.2, 0) is 0 Å². The maximum Gasteiger partial charge on any atom is 0.315 e. The summed E-state index contributed by atoms with van der Waals surface area (Å²) in [4.78, 5) is 10.3. The molecule has 1 atom stereocenters. The zero-order chi connectivity index (χ0) is 13.0. The van der Waals surface area contributed by atoms with Gasteiger partial charge >= 0.3 is 5.69 Å². The number of nitrogens with two attached hydrogens (primary N) is 1. The van der Waals surface area contributed by atoms with E-state index in [0.717, 1.165) is 0 Å². The number of nitrogens with zero attached hydrogens (tertiary/aromatic N) is 1. The van der Waals surface area contributed by atoms with Gasteiger partial charge in [-0.2, -0.15) is 0 Å². The lowest BCUT2D eigenvalue weighted by Gasteiger charge is -2.13. The highest BCUT2D eigenvalue weighted by atomic mass is 16.6. The molecule has 0 aliphatic rings. The van der Waals surface area contributed by atoms with Crippen LogP contribution in [0.5, 0.6) is 11.5 Å². The Bertz CT molecular complexity index is 421. The molecule has 0 aliphatic carbocycles. The lowest BCUT2D eigenvalue weighted by molar-refractivity contribution is -0.385. The average Bonchev–Trinajstić information content (AvgIpc) is 2.35. The number of methoxy groups -OCH3 is 2. The van der Waals surface area contributed by atoms with Crippen LogP contribution < -0.4 is 15.2 Å². The van der Waals surface area contributed by atoms with Gasteiger partial charge in [0.1, 0.15) is 0 Å². The van der Waals surface area contributed by atoms with Crippen LogP contribution in [-0.4, -0.2) is 30.9 Å². The molecular formula is C10H14N2O5. The maximum atomic E-state index is 10.9. The minimum absolute atomic E-state index is 0.0337. The van der Waals surface area contributed by atoms with Gasteiger partial charge in [-0.05, 0) is 11.6 Å². The van der Waals surface area contributed by atoms with Crippen LogP contribution in [0.1, 0.15) is 11.6 Å². The van der Waals surface area contributed by atoms with Crippen molar-refractivity contribution in [2.75, 3.05) is 20.8 Å². The first-order valence-electron chi connectivity index (χ1n) is 4.81. The molecule has 0 saturated heterocycles. The molecule has 17 heavy (non-hydrogen) atoms. The van der Waals surface area contributed by atoms with E-state index in [1.54, 1.807) is 0 Å². The third-order valence-electron chi connectivity index (χ3n) is 2.30. The zero-order valence-corrected chi connectivity index (χ0v) is 9.54. The molecule has 7 nitrogen and oxygen atoms in total. The molecule has 1 aromatic carbocycles. The quantitative estimate of drug-likeness (QED) is 0.578. The Morgan fingerprint density at radius 2 is 2.12 bits per heavy atom. The average molecular weight is 242 g/mol. The molecule has 0 unspecified atom stereocenters. The highest BCUT2D eigenvalue weighted by Gasteiger charge is 2.23. The van der Waals surface area contributed by atoms with Gasteiger partial charge in [-0.15, -0.1) is 0 Å². The Labute approximate surface area is 97.9 Å². The number of hydrogen-bond donors (Lipinski definition) is 2. The van der Waals surface area contributed by atoms with Gasteiger partial charge in [-0.3, -0.25) is 10.1 Å². The first kappa shape index (κ1) is 13.2. The summed E-state index contributed by atoms with van der Waals surface area (Å²) in [7, 11) is 2.69. The third kappa shape index (κ3) is 2.63. The molecule has 0 amide bonds. The zero-order valence-electron chi connectivity index (χ0n) is 9.54. The van der Waals surface area contributed by atoms with Crippen LogP contribution in [0.15, 0.2) is 12.1 Å². The highest BCUT2D eigenvalue weighted by Crippen LogP contribution is 2.38. The first-order valence-corrected chi connectivity index (χ1v) is 4.81. The van der Waals surface area contributed by atoms with Gasteiger partial charge in [-0.25, -0.2) is 0 Å². The normalized spacial score (nSPS) is 12.0. The highest BCUT2D eigenvalue weighted by molar-refractivity contribution is 5.58. The summed E-state index contributed by atoms with van der Waals surface area (Å²) in [5.74, 6) is 0.243. The molecule has 0 spiro atoms. The lowest BCUT2D eigenvalue weighted by Crippen LogP contribution is -2.15. The Kier molecular flexibility index (Phi) is 4.24. The predicted molar refractivity (Wildman–Crippen MR) is 60.2 cm³/mol. The van der Waals surface area contributed by atoms with Crippen LogP contribution in [0.3, 0.4) is 0 Å². The third-order valence-corrected chi connectivity index (χ3v) is 2.30. The number of aliphatic hydroxyl groups excluding tert-OH is 1. The lowest BCUT2D eigenvalue weighted by atomic mass is 10.1. The predicted octanol–water partition coefficient (Wildman–Crippen LogP) is 0.604. The molecule has 0 bridgehead atoms. The first-order chi connectivity index (χ1) is 8.04. The second-order valence-corrected chi connectivity index (χ2v) is 3.32. The molecule has 1 aromatic rings. The molecule has 1 rings (SSSR count). The molecular weight excluding hydrogens is 228 g/mol. The van der Waals surface area contributed by atoms with Crippen molar-refractivity contribution < 1.29 is 19.5 Å². The number of rotatable bonds is 5. The Morgan fingerprint density at radius 3 is 2.53 bits per heavy atom. The van der Waals surface area contributed by atoms with Crippen molar-refractivity contribution in [1.82, 2.24) is 0 Å². The minimum Gasteiger partial charge on any atom is -0.493 e. The van der Waals surface area contributed by atoms with Gasteiger partial charge in [-0.1, -0.05) is 0 Å². The van der Waals surface area contributed by atoms with E-state index >= 15 is 0 Å². The van der Waals surface area contributed by atoms with Crippen LogP contribution in [0.4, 0.5) is 5.69 Å². The minimum atomic E-state index is -0.700. The topological polar surface area (TPSA) is 108 Å². The number of nitro groups is 1. The molecule has 7 heteroatoms. The second kappa shape index (κ2) is 5.46. The number of hydrogen-bond acceptors (Lipinski definition) is 6. The Hall–Kier alpha value is -1.86. The standard InChI is InChI=1S/C10H14N2O5/c1-16-9-4-6(7(11)5-13)3-8(12(14)15)10(9)17-2/h3-4,7,13H,5,11H2,1-2H3/t7-/m0/s1. The molecule has 0 fully saturated rings. The van der Waals surface area contributed by atoms with Gasteiger partial charge in [0.05, 0.1) is 31.8 Å². The van der Waals surface area contributed by atoms with Crippen LogP contribution in [0.2, 0.25) is 0 Å². The van der Waals surface area contributed by atoms with Crippen LogP contribution in [0, 0.1) is 10.1 Å². The monoisotopic (exact) mass is 242 g/mol. The second-order valence-electron chi connectivity index (χ2n) is 3.32. The van der Waals surface area contributed by atoms with Crippen molar-refractivity contribution in [3.05, 3.63) is 27.8 Å². The van der Waals surface area contributed by atoms with Crippen molar-refractivity contribution >= 4 is 5.69 Å². The summed E-state index contributed by atoms with van der Waals surface area (Å²) >= 11 is 0. The summed E-state index contributed by atoms with van der Waals surface area (Å²) < 4.78 is 9.92. The molecule has 94 valence electrons. The summed E-state index contributed by atoms with van der Waals surface area (Å²) in [5, 5.41) is 19.8. The van der Waals surface area contributed by atoms with E-state index in [1.807, 2.05) is 0 Å². The van der Waals surface area contributed by atoms with Crippen molar-refractivity contribution in [2.24, 2.45) is 5.73 Å². The fourth-order valence-corrected chi connectivity index (χ4v) is 1.42. The number of benzene rings is 1. The fraction of sp³-hybridized carbons (Fsp3) is 0.400. The summed E-state index contributed by atoms with van der Waals surface area (Å²) in [6.45, 7) is -0.313. The van der Waals surface area contributed by atoms with Gasteiger partial charge in [0.15, 0.2) is 5.75 Å². The summed E-state index contributed by atoms with van der Waals surface area (Å²) in [5.41, 5.74) is 5.78. The van der Waals surface area contributed by atoms with Gasteiger partial charge < -0.3 is 20.3 Å². The Morgan fingerprint density at radius 1 is 1.47 bits per heavy atom. The van der Waals surface area contributed by atoms with E-state index in [4.69, 9.17) is 20.3 Å². The van der Waals surface area contributed by atoms with E-state index in [0.29, 0.717) is 5.56 Å². The SMILES string of the molecule is COc1cc([C@@H](N)CO)cc([N+](=O)[O-])c1OC.